The van der Waals surface area contributed by atoms with Gasteiger partial charge >= 0.3 is 5.97 Å². The first-order chi connectivity index (χ1) is 10.1. The van der Waals surface area contributed by atoms with E-state index < -0.39 is 17.8 Å². The van der Waals surface area contributed by atoms with E-state index in [0.717, 1.165) is 17.3 Å². The first-order valence-electron chi connectivity index (χ1n) is 6.76. The van der Waals surface area contributed by atoms with Gasteiger partial charge in [-0.15, -0.1) is 0 Å². The van der Waals surface area contributed by atoms with Gasteiger partial charge in [0, 0.05) is 19.3 Å². The van der Waals surface area contributed by atoms with Gasteiger partial charge in [-0.25, -0.2) is 4.39 Å². The van der Waals surface area contributed by atoms with Crippen LogP contribution >= 0.6 is 0 Å². The van der Waals surface area contributed by atoms with Gasteiger partial charge in [0.1, 0.15) is 11.9 Å². The maximum Gasteiger partial charge on any atom is 0.321 e. The van der Waals surface area contributed by atoms with Crippen LogP contribution in [-0.4, -0.2) is 27.0 Å². The molecule has 2 heterocycles. The summed E-state index contributed by atoms with van der Waals surface area (Å²) in [7, 11) is 0. The predicted octanol–water partition coefficient (Wildman–Crippen LogP) is 2.23. The van der Waals surface area contributed by atoms with E-state index in [1.165, 1.54) is 6.07 Å². The summed E-state index contributed by atoms with van der Waals surface area (Å²) in [5, 5.41) is 9.44. The van der Waals surface area contributed by atoms with Gasteiger partial charge in [-0.05, 0) is 29.2 Å². The van der Waals surface area contributed by atoms with Crippen LogP contribution in [0.25, 0.3) is 0 Å². The van der Waals surface area contributed by atoms with E-state index >= 15 is 0 Å². The second kappa shape index (κ2) is 5.61. The van der Waals surface area contributed by atoms with Crippen LogP contribution in [0.1, 0.15) is 16.7 Å². The fraction of sp³-hybridized carbons (Fsp3) is 0.250. The molecule has 0 bridgehead atoms. The Balaban J connectivity index is 1.87. The maximum absolute atomic E-state index is 13.2. The van der Waals surface area contributed by atoms with Crippen molar-refractivity contribution in [1.29, 1.82) is 0 Å². The molecule has 3 rings (SSSR count). The summed E-state index contributed by atoms with van der Waals surface area (Å²) in [4.78, 5) is 17.2. The van der Waals surface area contributed by atoms with Gasteiger partial charge in [-0.1, -0.05) is 24.3 Å². The van der Waals surface area contributed by atoms with Crippen LogP contribution in [-0.2, 0) is 24.3 Å². The van der Waals surface area contributed by atoms with Crippen LogP contribution in [0.2, 0.25) is 0 Å². The molecule has 1 aliphatic heterocycles. The summed E-state index contributed by atoms with van der Waals surface area (Å²) in [6.45, 7) is 0.916. The summed E-state index contributed by atoms with van der Waals surface area (Å²) in [6.07, 6.45) is 3.18. The summed E-state index contributed by atoms with van der Waals surface area (Å²) < 4.78 is 13.2. The Labute approximate surface area is 121 Å². The number of hydrogen-bond donors (Lipinski definition) is 1. The number of aliphatic carboxylic acids is 1. The number of benzene rings is 1. The number of nitrogens with zero attached hydrogens (tertiary/aromatic N) is 2. The second-order valence-electron chi connectivity index (χ2n) is 5.24. The van der Waals surface area contributed by atoms with Crippen molar-refractivity contribution in [2.24, 2.45) is 0 Å². The lowest BCUT2D eigenvalue weighted by Gasteiger charge is -2.34. The Kier molecular flexibility index (Phi) is 3.66. The molecule has 1 aliphatic rings. The number of fused-ring (bicyclic) bond motifs is 1. The highest BCUT2D eigenvalue weighted by Gasteiger charge is 2.31. The van der Waals surface area contributed by atoms with Gasteiger partial charge in [0.2, 0.25) is 0 Å². The number of aromatic nitrogens is 1. The van der Waals surface area contributed by atoms with Gasteiger partial charge in [0.25, 0.3) is 0 Å². The van der Waals surface area contributed by atoms with Gasteiger partial charge in [0.15, 0.2) is 0 Å². The molecule has 2 aromatic rings. The molecule has 1 unspecified atom stereocenters. The number of hydrogen-bond acceptors (Lipinski definition) is 3. The molecule has 0 radical (unpaired) electrons. The van der Waals surface area contributed by atoms with Crippen molar-refractivity contribution in [1.82, 2.24) is 9.88 Å². The smallest absolute Gasteiger partial charge is 0.321 e. The topological polar surface area (TPSA) is 53.4 Å². The number of halogens is 1. The lowest BCUT2D eigenvalue weighted by atomic mass is 9.93. The molecule has 1 aromatic carbocycles. The fourth-order valence-corrected chi connectivity index (χ4v) is 2.76. The average molecular weight is 286 g/mol. The van der Waals surface area contributed by atoms with Crippen LogP contribution in [0.15, 0.2) is 42.7 Å². The Morgan fingerprint density at radius 1 is 1.33 bits per heavy atom. The first-order valence-corrected chi connectivity index (χ1v) is 6.76. The molecule has 108 valence electrons. The third-order valence-electron chi connectivity index (χ3n) is 3.78. The fourth-order valence-electron chi connectivity index (χ4n) is 2.76. The van der Waals surface area contributed by atoms with E-state index in [0.29, 0.717) is 25.1 Å². The minimum atomic E-state index is -0.853. The van der Waals surface area contributed by atoms with E-state index in [1.54, 1.807) is 6.20 Å². The highest BCUT2D eigenvalue weighted by molar-refractivity contribution is 5.74. The summed E-state index contributed by atoms with van der Waals surface area (Å²) >= 11 is 0. The predicted molar refractivity (Wildman–Crippen MR) is 75.0 cm³/mol. The molecule has 0 spiro atoms. The summed E-state index contributed by atoms with van der Waals surface area (Å²) in [6, 6.07) is 8.64. The summed E-state index contributed by atoms with van der Waals surface area (Å²) in [5.41, 5.74) is 2.87. The van der Waals surface area contributed by atoms with Crippen molar-refractivity contribution in [3.8, 4) is 0 Å². The number of rotatable bonds is 3. The minimum Gasteiger partial charge on any atom is -0.480 e. The molecular formula is C16H15FN2O2. The average Bonchev–Trinajstić information content (AvgIpc) is 2.46. The van der Waals surface area contributed by atoms with Crippen molar-refractivity contribution in [2.75, 3.05) is 0 Å². The molecule has 5 heteroatoms. The van der Waals surface area contributed by atoms with Crippen molar-refractivity contribution >= 4 is 5.97 Å². The largest absolute Gasteiger partial charge is 0.480 e. The number of carbonyl (C=O) groups is 1. The standard InChI is InChI=1S/C16H15FN2O2/c17-14-5-11(7-18-8-14)9-19-10-13-4-2-1-3-12(13)6-15(19)16(20)21/h1-5,7-8,15H,6,9-10H2,(H,20,21). The third kappa shape index (κ3) is 2.92. The van der Waals surface area contributed by atoms with E-state index in [2.05, 4.69) is 4.98 Å². The SMILES string of the molecule is O=C(O)C1Cc2ccccc2CN1Cc1cncc(F)c1. The lowest BCUT2D eigenvalue weighted by Crippen LogP contribution is -2.45. The minimum absolute atomic E-state index is 0.371. The van der Waals surface area contributed by atoms with E-state index in [9.17, 15) is 14.3 Å². The number of carboxylic acids is 1. The van der Waals surface area contributed by atoms with Gasteiger partial charge < -0.3 is 5.11 Å². The molecule has 1 N–H and O–H groups in total. The normalized spacial score (nSPS) is 18.2. The monoisotopic (exact) mass is 286 g/mol. The zero-order chi connectivity index (χ0) is 14.8. The Morgan fingerprint density at radius 3 is 2.81 bits per heavy atom. The van der Waals surface area contributed by atoms with Crippen LogP contribution < -0.4 is 0 Å². The molecule has 0 aliphatic carbocycles. The molecule has 0 saturated heterocycles. The highest BCUT2D eigenvalue weighted by Crippen LogP contribution is 2.25. The quantitative estimate of drug-likeness (QED) is 0.940. The second-order valence-corrected chi connectivity index (χ2v) is 5.24. The molecule has 1 atom stereocenters. The van der Waals surface area contributed by atoms with Crippen LogP contribution in [0, 0.1) is 5.82 Å². The van der Waals surface area contributed by atoms with E-state index in [1.807, 2.05) is 29.2 Å². The van der Waals surface area contributed by atoms with Gasteiger partial charge in [-0.3, -0.25) is 14.7 Å². The van der Waals surface area contributed by atoms with Crippen LogP contribution in [0.3, 0.4) is 0 Å². The van der Waals surface area contributed by atoms with Crippen molar-refractivity contribution in [2.45, 2.75) is 25.6 Å². The van der Waals surface area contributed by atoms with Crippen molar-refractivity contribution < 1.29 is 14.3 Å². The van der Waals surface area contributed by atoms with Gasteiger partial charge in [0.05, 0.1) is 6.20 Å². The Morgan fingerprint density at radius 2 is 2.10 bits per heavy atom. The zero-order valence-electron chi connectivity index (χ0n) is 11.4. The van der Waals surface area contributed by atoms with Gasteiger partial charge in [-0.2, -0.15) is 0 Å². The first kappa shape index (κ1) is 13.7. The molecule has 0 fully saturated rings. The molecule has 0 amide bonds. The number of carboxylic acid groups (broad SMARTS) is 1. The maximum atomic E-state index is 13.2. The van der Waals surface area contributed by atoms with Crippen molar-refractivity contribution in [3.05, 3.63) is 65.2 Å². The van der Waals surface area contributed by atoms with E-state index in [4.69, 9.17) is 0 Å². The summed E-state index contributed by atoms with van der Waals surface area (Å²) in [5.74, 6) is -1.26. The Hall–Kier alpha value is -2.27. The molecular weight excluding hydrogens is 271 g/mol. The van der Waals surface area contributed by atoms with Crippen LogP contribution in [0.5, 0.6) is 0 Å². The van der Waals surface area contributed by atoms with Crippen LogP contribution in [0.4, 0.5) is 4.39 Å². The Bertz CT molecular complexity index is 675. The lowest BCUT2D eigenvalue weighted by molar-refractivity contribution is -0.144. The molecule has 0 saturated carbocycles. The number of pyridine rings is 1. The molecule has 4 nitrogen and oxygen atoms in total. The molecule has 21 heavy (non-hydrogen) atoms. The molecule has 1 aromatic heterocycles. The third-order valence-corrected chi connectivity index (χ3v) is 3.78. The highest BCUT2D eigenvalue weighted by atomic mass is 19.1. The van der Waals surface area contributed by atoms with Crippen molar-refractivity contribution in [3.63, 3.8) is 0 Å². The van der Waals surface area contributed by atoms with E-state index in [-0.39, 0.29) is 0 Å². The zero-order valence-corrected chi connectivity index (χ0v) is 11.4.